The molecule has 5 nitrogen and oxygen atoms in total. The number of nitrogens with one attached hydrogen (secondary N) is 2. The first-order valence-electron chi connectivity index (χ1n) is 11.4. The third kappa shape index (κ3) is 6.14. The van der Waals surface area contributed by atoms with E-state index in [9.17, 15) is 9.59 Å². The van der Waals surface area contributed by atoms with Crippen molar-refractivity contribution in [2.75, 3.05) is 23.3 Å². The summed E-state index contributed by atoms with van der Waals surface area (Å²) in [7, 11) is 0. The lowest BCUT2D eigenvalue weighted by Crippen LogP contribution is -2.31. The van der Waals surface area contributed by atoms with Crippen molar-refractivity contribution in [2.45, 2.75) is 31.7 Å². The van der Waals surface area contributed by atoms with Gasteiger partial charge in [0.15, 0.2) is 0 Å². The summed E-state index contributed by atoms with van der Waals surface area (Å²) < 4.78 is 0. The third-order valence-electron chi connectivity index (χ3n) is 5.89. The maximum Gasteiger partial charge on any atom is 0.253 e. The monoisotopic (exact) mass is 461 g/mol. The van der Waals surface area contributed by atoms with E-state index in [0.29, 0.717) is 10.6 Å². The molecule has 170 valence electrons. The van der Waals surface area contributed by atoms with Crippen LogP contribution in [-0.4, -0.2) is 24.9 Å². The molecule has 0 radical (unpaired) electrons. The molecular formula is C27H28ClN3O2. The van der Waals surface area contributed by atoms with Gasteiger partial charge in [-0.15, -0.1) is 0 Å². The Morgan fingerprint density at radius 1 is 0.848 bits per heavy atom. The molecule has 0 spiro atoms. The van der Waals surface area contributed by atoms with Crippen LogP contribution in [0.1, 0.15) is 47.6 Å². The smallest absolute Gasteiger partial charge is 0.253 e. The molecule has 0 aliphatic carbocycles. The highest BCUT2D eigenvalue weighted by atomic mass is 35.5. The van der Waals surface area contributed by atoms with Crippen LogP contribution in [0.2, 0.25) is 5.02 Å². The summed E-state index contributed by atoms with van der Waals surface area (Å²) in [6.07, 6.45) is 3.84. The van der Waals surface area contributed by atoms with E-state index in [2.05, 4.69) is 27.7 Å². The first kappa shape index (κ1) is 22.9. The van der Waals surface area contributed by atoms with Crippen LogP contribution in [0.5, 0.6) is 0 Å². The van der Waals surface area contributed by atoms with Gasteiger partial charge in [-0.05, 0) is 61.2 Å². The molecule has 6 heteroatoms. The fourth-order valence-electron chi connectivity index (χ4n) is 4.12. The SMILES string of the molecule is O=C(C[C@H](NC(=O)c1ccccc1Cl)c1ccccc1)Nc1ccc(N2CCCCC2)cc1. The minimum atomic E-state index is -0.484. The number of hydrogen-bond donors (Lipinski definition) is 2. The molecule has 1 atom stereocenters. The molecule has 33 heavy (non-hydrogen) atoms. The fourth-order valence-corrected chi connectivity index (χ4v) is 4.35. The van der Waals surface area contributed by atoms with Gasteiger partial charge in [-0.3, -0.25) is 9.59 Å². The van der Waals surface area contributed by atoms with Crippen molar-refractivity contribution in [2.24, 2.45) is 0 Å². The molecule has 3 aromatic carbocycles. The molecule has 2 N–H and O–H groups in total. The summed E-state index contributed by atoms with van der Waals surface area (Å²) in [4.78, 5) is 28.1. The second-order valence-electron chi connectivity index (χ2n) is 8.26. The molecule has 3 aromatic rings. The molecule has 0 saturated carbocycles. The lowest BCUT2D eigenvalue weighted by atomic mass is 10.0. The Morgan fingerprint density at radius 3 is 2.21 bits per heavy atom. The maximum absolute atomic E-state index is 12.9. The van der Waals surface area contributed by atoms with E-state index in [1.807, 2.05) is 42.5 Å². The normalized spacial score (nSPS) is 14.4. The number of piperidine rings is 1. The Morgan fingerprint density at radius 2 is 1.52 bits per heavy atom. The Bertz CT molecular complexity index is 1080. The fraction of sp³-hybridized carbons (Fsp3) is 0.259. The van der Waals surface area contributed by atoms with Crippen LogP contribution >= 0.6 is 11.6 Å². The summed E-state index contributed by atoms with van der Waals surface area (Å²) in [5.41, 5.74) is 3.16. The number of carbonyl (C=O) groups excluding carboxylic acids is 2. The second kappa shape index (κ2) is 11.0. The van der Waals surface area contributed by atoms with Gasteiger partial charge in [0, 0.05) is 24.5 Å². The highest BCUT2D eigenvalue weighted by molar-refractivity contribution is 6.33. The zero-order chi connectivity index (χ0) is 23.0. The van der Waals surface area contributed by atoms with Crippen molar-refractivity contribution in [3.63, 3.8) is 0 Å². The molecular weight excluding hydrogens is 434 g/mol. The second-order valence-corrected chi connectivity index (χ2v) is 8.67. The van der Waals surface area contributed by atoms with Crippen molar-refractivity contribution >= 4 is 34.8 Å². The summed E-state index contributed by atoms with van der Waals surface area (Å²) in [6.45, 7) is 2.16. The summed E-state index contributed by atoms with van der Waals surface area (Å²) in [5, 5.41) is 6.31. The van der Waals surface area contributed by atoms with E-state index in [1.54, 1.807) is 24.3 Å². The zero-order valence-corrected chi connectivity index (χ0v) is 19.2. The maximum atomic E-state index is 12.9. The molecule has 0 bridgehead atoms. The van der Waals surface area contributed by atoms with E-state index >= 15 is 0 Å². The Kier molecular flexibility index (Phi) is 7.63. The van der Waals surface area contributed by atoms with Crippen LogP contribution in [0.3, 0.4) is 0 Å². The largest absolute Gasteiger partial charge is 0.372 e. The van der Waals surface area contributed by atoms with Gasteiger partial charge in [-0.2, -0.15) is 0 Å². The van der Waals surface area contributed by atoms with E-state index < -0.39 is 6.04 Å². The van der Waals surface area contributed by atoms with Crippen molar-refractivity contribution in [1.82, 2.24) is 5.32 Å². The number of rotatable bonds is 7. The molecule has 1 aliphatic rings. The van der Waals surface area contributed by atoms with E-state index in [0.717, 1.165) is 24.3 Å². The predicted octanol–water partition coefficient (Wildman–Crippen LogP) is 5.83. The van der Waals surface area contributed by atoms with Gasteiger partial charge in [0.05, 0.1) is 23.0 Å². The van der Waals surface area contributed by atoms with Gasteiger partial charge in [0.2, 0.25) is 5.91 Å². The topological polar surface area (TPSA) is 61.4 Å². The first-order valence-corrected chi connectivity index (χ1v) is 11.7. The van der Waals surface area contributed by atoms with Gasteiger partial charge in [-0.25, -0.2) is 0 Å². The Balaban J connectivity index is 1.43. The molecule has 1 fully saturated rings. The Hall–Kier alpha value is -3.31. The van der Waals surface area contributed by atoms with Gasteiger partial charge in [-0.1, -0.05) is 54.1 Å². The molecule has 0 aromatic heterocycles. The van der Waals surface area contributed by atoms with Gasteiger partial charge < -0.3 is 15.5 Å². The molecule has 2 amide bonds. The number of nitrogens with zero attached hydrogens (tertiary/aromatic N) is 1. The quantitative estimate of drug-likeness (QED) is 0.465. The lowest BCUT2D eigenvalue weighted by Gasteiger charge is -2.28. The molecule has 0 unspecified atom stereocenters. The summed E-state index contributed by atoms with van der Waals surface area (Å²) in [6, 6.07) is 23.9. The van der Waals surface area contributed by atoms with E-state index in [1.165, 1.54) is 24.9 Å². The van der Waals surface area contributed by atoms with Crippen LogP contribution in [0.25, 0.3) is 0 Å². The molecule has 4 rings (SSSR count). The van der Waals surface area contributed by atoms with Crippen LogP contribution in [0.15, 0.2) is 78.9 Å². The average Bonchev–Trinajstić information content (AvgIpc) is 2.85. The third-order valence-corrected chi connectivity index (χ3v) is 6.22. The molecule has 1 saturated heterocycles. The van der Waals surface area contributed by atoms with Crippen LogP contribution < -0.4 is 15.5 Å². The lowest BCUT2D eigenvalue weighted by molar-refractivity contribution is -0.116. The number of amides is 2. The summed E-state index contributed by atoms with van der Waals surface area (Å²) in [5.74, 6) is -0.484. The minimum absolute atomic E-state index is 0.105. The van der Waals surface area contributed by atoms with Crippen molar-refractivity contribution in [3.05, 3.63) is 95.0 Å². The van der Waals surface area contributed by atoms with Crippen LogP contribution in [0, 0.1) is 0 Å². The number of carbonyl (C=O) groups is 2. The number of halogens is 1. The van der Waals surface area contributed by atoms with Gasteiger partial charge >= 0.3 is 0 Å². The Labute approximate surface area is 199 Å². The highest BCUT2D eigenvalue weighted by Gasteiger charge is 2.20. The highest BCUT2D eigenvalue weighted by Crippen LogP contribution is 2.24. The van der Waals surface area contributed by atoms with E-state index in [4.69, 9.17) is 11.6 Å². The average molecular weight is 462 g/mol. The van der Waals surface area contributed by atoms with Crippen LogP contribution in [0.4, 0.5) is 11.4 Å². The molecule has 1 heterocycles. The number of anilines is 2. The minimum Gasteiger partial charge on any atom is -0.372 e. The summed E-state index contributed by atoms with van der Waals surface area (Å²) >= 11 is 6.19. The standard InChI is InChI=1S/C27H28ClN3O2/c28-24-12-6-5-11-23(24)27(33)30-25(20-9-3-1-4-10-20)19-26(32)29-21-13-15-22(16-14-21)31-17-7-2-8-18-31/h1,3-6,9-16,25H,2,7-8,17-19H2,(H,29,32)(H,30,33)/t25-/m0/s1. The zero-order valence-electron chi connectivity index (χ0n) is 18.5. The predicted molar refractivity (Wildman–Crippen MR) is 134 cm³/mol. The number of hydrogen-bond acceptors (Lipinski definition) is 3. The van der Waals surface area contributed by atoms with Crippen molar-refractivity contribution in [3.8, 4) is 0 Å². The van der Waals surface area contributed by atoms with Crippen molar-refractivity contribution in [1.29, 1.82) is 0 Å². The van der Waals surface area contributed by atoms with E-state index in [-0.39, 0.29) is 18.2 Å². The van der Waals surface area contributed by atoms with Crippen molar-refractivity contribution < 1.29 is 9.59 Å². The van der Waals surface area contributed by atoms with Gasteiger partial charge in [0.1, 0.15) is 0 Å². The first-order chi connectivity index (χ1) is 16.1. The van der Waals surface area contributed by atoms with Gasteiger partial charge in [0.25, 0.3) is 5.91 Å². The number of benzene rings is 3. The van der Waals surface area contributed by atoms with Crippen LogP contribution in [-0.2, 0) is 4.79 Å². The molecule has 1 aliphatic heterocycles.